The quantitative estimate of drug-likeness (QED) is 0.737. The number of carbonyl (C=O) groups is 2. The number of aliphatic hydroxyl groups excluding tert-OH is 1. The summed E-state index contributed by atoms with van der Waals surface area (Å²) in [5.74, 6) is -1.33. The number of aliphatic carboxylic acids is 1. The van der Waals surface area contributed by atoms with Crippen molar-refractivity contribution in [2.75, 3.05) is 12.4 Å². The van der Waals surface area contributed by atoms with E-state index in [0.29, 0.717) is 5.75 Å². The SMILES string of the molecule is O=C(O)C(CO)NC(=O)C1CSc2ccccc21. The molecule has 5 nitrogen and oxygen atoms in total. The molecule has 2 rings (SSSR count). The van der Waals surface area contributed by atoms with E-state index in [2.05, 4.69) is 5.32 Å². The zero-order valence-corrected chi connectivity index (χ0v) is 10.3. The third-order valence-electron chi connectivity index (χ3n) is 2.81. The van der Waals surface area contributed by atoms with Crippen LogP contribution in [-0.4, -0.2) is 40.5 Å². The maximum Gasteiger partial charge on any atom is 0.328 e. The van der Waals surface area contributed by atoms with Gasteiger partial charge in [-0.15, -0.1) is 11.8 Å². The maximum absolute atomic E-state index is 12.0. The number of nitrogens with one attached hydrogen (secondary N) is 1. The molecule has 2 atom stereocenters. The van der Waals surface area contributed by atoms with Crippen LogP contribution in [0, 0.1) is 0 Å². The molecule has 6 heteroatoms. The van der Waals surface area contributed by atoms with Gasteiger partial charge in [0.25, 0.3) is 0 Å². The van der Waals surface area contributed by atoms with Crippen molar-refractivity contribution in [3.63, 3.8) is 0 Å². The van der Waals surface area contributed by atoms with Gasteiger partial charge >= 0.3 is 5.97 Å². The standard InChI is InChI=1S/C12H13NO4S/c14-5-9(12(16)17)13-11(15)8-6-18-10-4-2-1-3-7(8)10/h1-4,8-9,14H,5-6H2,(H,13,15)(H,16,17). The topological polar surface area (TPSA) is 86.6 Å². The zero-order chi connectivity index (χ0) is 13.1. The number of thioether (sulfide) groups is 1. The molecule has 0 aromatic heterocycles. The highest BCUT2D eigenvalue weighted by Gasteiger charge is 2.31. The Kier molecular flexibility index (Phi) is 3.88. The molecule has 0 fully saturated rings. The van der Waals surface area contributed by atoms with Gasteiger partial charge in [0.15, 0.2) is 0 Å². The minimum absolute atomic E-state index is 0.348. The van der Waals surface area contributed by atoms with Crippen LogP contribution >= 0.6 is 11.8 Å². The molecular weight excluding hydrogens is 254 g/mol. The molecule has 3 N–H and O–H groups in total. The number of carbonyl (C=O) groups excluding carboxylic acids is 1. The summed E-state index contributed by atoms with van der Waals surface area (Å²) in [6, 6.07) is 6.32. The highest BCUT2D eigenvalue weighted by atomic mass is 32.2. The van der Waals surface area contributed by atoms with E-state index in [-0.39, 0.29) is 11.8 Å². The molecule has 1 aliphatic heterocycles. The van der Waals surface area contributed by atoms with E-state index in [1.54, 1.807) is 11.8 Å². The van der Waals surface area contributed by atoms with Crippen molar-refractivity contribution >= 4 is 23.6 Å². The van der Waals surface area contributed by atoms with Gasteiger partial charge in [0.2, 0.25) is 5.91 Å². The van der Waals surface area contributed by atoms with E-state index in [4.69, 9.17) is 10.2 Å². The van der Waals surface area contributed by atoms with E-state index in [1.807, 2.05) is 24.3 Å². The van der Waals surface area contributed by atoms with Gasteiger partial charge in [0.05, 0.1) is 12.5 Å². The van der Waals surface area contributed by atoms with Crippen molar-refractivity contribution in [1.29, 1.82) is 0 Å². The van der Waals surface area contributed by atoms with Gasteiger partial charge in [0, 0.05) is 10.6 Å². The number of hydrogen-bond donors (Lipinski definition) is 3. The summed E-state index contributed by atoms with van der Waals surface area (Å²) in [5, 5.41) is 20.0. The van der Waals surface area contributed by atoms with Gasteiger partial charge in [-0.1, -0.05) is 18.2 Å². The van der Waals surface area contributed by atoms with Crippen LogP contribution in [0.25, 0.3) is 0 Å². The van der Waals surface area contributed by atoms with E-state index < -0.39 is 18.6 Å². The van der Waals surface area contributed by atoms with Gasteiger partial charge < -0.3 is 15.5 Å². The largest absolute Gasteiger partial charge is 0.480 e. The molecule has 0 bridgehead atoms. The normalized spacial score (nSPS) is 19.1. The number of benzene rings is 1. The number of aliphatic hydroxyl groups is 1. The van der Waals surface area contributed by atoms with Crippen LogP contribution in [0.5, 0.6) is 0 Å². The number of rotatable bonds is 4. The van der Waals surface area contributed by atoms with Crippen LogP contribution in [0.2, 0.25) is 0 Å². The molecule has 0 saturated heterocycles. The average Bonchev–Trinajstić information content (AvgIpc) is 2.79. The summed E-state index contributed by atoms with van der Waals surface area (Å²) >= 11 is 1.58. The van der Waals surface area contributed by atoms with Crippen molar-refractivity contribution in [3.8, 4) is 0 Å². The number of amides is 1. The highest BCUT2D eigenvalue weighted by Crippen LogP contribution is 2.39. The molecule has 1 heterocycles. The van der Waals surface area contributed by atoms with Crippen LogP contribution < -0.4 is 5.32 Å². The molecule has 0 radical (unpaired) electrons. The van der Waals surface area contributed by atoms with E-state index >= 15 is 0 Å². The predicted octanol–water partition coefficient (Wildman–Crippen LogP) is 0.438. The number of carboxylic acids is 1. The molecule has 2 unspecified atom stereocenters. The highest BCUT2D eigenvalue weighted by molar-refractivity contribution is 7.99. The van der Waals surface area contributed by atoms with Crippen LogP contribution in [-0.2, 0) is 9.59 Å². The lowest BCUT2D eigenvalue weighted by molar-refractivity contribution is -0.143. The molecule has 96 valence electrons. The molecule has 1 aliphatic rings. The first-order chi connectivity index (χ1) is 8.63. The summed E-state index contributed by atoms with van der Waals surface area (Å²) in [6.07, 6.45) is 0. The molecule has 1 amide bonds. The van der Waals surface area contributed by atoms with Crippen molar-refractivity contribution in [2.24, 2.45) is 0 Å². The van der Waals surface area contributed by atoms with E-state index in [0.717, 1.165) is 10.5 Å². The van der Waals surface area contributed by atoms with Gasteiger partial charge in [-0.25, -0.2) is 4.79 Å². The van der Waals surface area contributed by atoms with Crippen molar-refractivity contribution in [3.05, 3.63) is 29.8 Å². The lowest BCUT2D eigenvalue weighted by Gasteiger charge is -2.15. The lowest BCUT2D eigenvalue weighted by Crippen LogP contribution is -2.45. The Morgan fingerprint density at radius 1 is 1.44 bits per heavy atom. The first kappa shape index (κ1) is 12.9. The third-order valence-corrected chi connectivity index (χ3v) is 4.00. The first-order valence-electron chi connectivity index (χ1n) is 5.49. The van der Waals surface area contributed by atoms with Gasteiger partial charge in [-0.2, -0.15) is 0 Å². The van der Waals surface area contributed by atoms with Crippen molar-refractivity contribution in [1.82, 2.24) is 5.32 Å². The fourth-order valence-corrected chi connectivity index (χ4v) is 3.07. The zero-order valence-electron chi connectivity index (χ0n) is 9.50. The Morgan fingerprint density at radius 2 is 2.17 bits per heavy atom. The predicted molar refractivity (Wildman–Crippen MR) is 66.6 cm³/mol. The van der Waals surface area contributed by atoms with Crippen LogP contribution in [0.1, 0.15) is 11.5 Å². The number of fused-ring (bicyclic) bond motifs is 1. The lowest BCUT2D eigenvalue weighted by atomic mass is 10.0. The van der Waals surface area contributed by atoms with Crippen LogP contribution in [0.15, 0.2) is 29.2 Å². The summed E-state index contributed by atoms with van der Waals surface area (Å²) in [4.78, 5) is 23.8. The fraction of sp³-hybridized carbons (Fsp3) is 0.333. The van der Waals surface area contributed by atoms with Gasteiger partial charge in [-0.3, -0.25) is 4.79 Å². The Morgan fingerprint density at radius 3 is 2.83 bits per heavy atom. The minimum Gasteiger partial charge on any atom is -0.480 e. The number of carboxylic acid groups (broad SMARTS) is 1. The Bertz CT molecular complexity index is 477. The number of hydrogen-bond acceptors (Lipinski definition) is 4. The second-order valence-electron chi connectivity index (χ2n) is 3.98. The third kappa shape index (κ3) is 2.49. The average molecular weight is 267 g/mol. The first-order valence-corrected chi connectivity index (χ1v) is 6.48. The van der Waals surface area contributed by atoms with Crippen molar-refractivity contribution in [2.45, 2.75) is 16.9 Å². The van der Waals surface area contributed by atoms with E-state index in [9.17, 15) is 9.59 Å². The van der Waals surface area contributed by atoms with Crippen LogP contribution in [0.3, 0.4) is 0 Å². The monoisotopic (exact) mass is 267 g/mol. The molecule has 0 saturated carbocycles. The Labute approximate surface area is 108 Å². The fourth-order valence-electron chi connectivity index (χ4n) is 1.84. The van der Waals surface area contributed by atoms with Gasteiger partial charge in [0.1, 0.15) is 6.04 Å². The molecule has 0 spiro atoms. The Balaban J connectivity index is 2.10. The molecular formula is C12H13NO4S. The second-order valence-corrected chi connectivity index (χ2v) is 5.05. The van der Waals surface area contributed by atoms with Crippen LogP contribution in [0.4, 0.5) is 0 Å². The molecule has 18 heavy (non-hydrogen) atoms. The second kappa shape index (κ2) is 5.41. The minimum atomic E-state index is -1.24. The van der Waals surface area contributed by atoms with E-state index in [1.165, 1.54) is 0 Å². The Hall–Kier alpha value is -1.53. The summed E-state index contributed by atoms with van der Waals surface area (Å²) in [5.41, 5.74) is 0.919. The molecule has 1 aromatic carbocycles. The summed E-state index contributed by atoms with van der Waals surface area (Å²) in [6.45, 7) is -0.609. The maximum atomic E-state index is 12.0. The molecule has 0 aliphatic carbocycles. The smallest absolute Gasteiger partial charge is 0.328 e. The molecule has 1 aromatic rings. The summed E-state index contributed by atoms with van der Waals surface area (Å²) < 4.78 is 0. The van der Waals surface area contributed by atoms with Crippen molar-refractivity contribution < 1.29 is 19.8 Å². The van der Waals surface area contributed by atoms with Gasteiger partial charge in [-0.05, 0) is 11.6 Å². The summed E-state index contributed by atoms with van der Waals surface area (Å²) in [7, 11) is 0.